The van der Waals surface area contributed by atoms with Crippen LogP contribution in [0.1, 0.15) is 9.80 Å². The first-order chi connectivity index (χ1) is 5.61. The molecule has 0 saturated carbocycles. The number of aromatic nitrogens is 1. The fourth-order valence-electron chi connectivity index (χ4n) is 0.367. The Morgan fingerprint density at radius 2 is 2.42 bits per heavy atom. The number of amides is 1. The van der Waals surface area contributed by atoms with Crippen molar-refractivity contribution in [1.82, 2.24) is 4.98 Å². The van der Waals surface area contributed by atoms with E-state index < -0.39 is 5.91 Å². The zero-order valence-corrected chi connectivity index (χ0v) is 9.37. The molecule has 0 aromatic carbocycles. The first-order valence-corrected chi connectivity index (χ1v) is 5.55. The number of thiazole rings is 1. The van der Waals surface area contributed by atoms with Crippen LogP contribution < -0.4 is 5.73 Å². The minimum absolute atomic E-state index is 0.335. The Labute approximate surface area is 86.5 Å². The number of hydrogen-bond donors (Lipinski definition) is 2. The van der Waals surface area contributed by atoms with Gasteiger partial charge in [-0.2, -0.15) is 0 Å². The van der Waals surface area contributed by atoms with Gasteiger partial charge in [0.25, 0.3) is 5.91 Å². The molecule has 68 valence electrons. The standard InChI is InChI=1S/C4H3BrN2OS.CH4OS/c5-2-1-9-4(7-2)3(6)8;1-3-2/h1H,(H2,6,8);2H,1H3. The Hall–Kier alpha value is -0.110. The van der Waals surface area contributed by atoms with Crippen molar-refractivity contribution in [3.8, 4) is 0 Å². The SMILES string of the molecule is CSO.NC(=O)c1nc(Br)cs1. The highest BCUT2D eigenvalue weighted by Crippen LogP contribution is 2.13. The van der Waals surface area contributed by atoms with Crippen LogP contribution in [0.15, 0.2) is 9.98 Å². The van der Waals surface area contributed by atoms with Crippen LogP contribution in [0.25, 0.3) is 0 Å². The molecule has 0 radical (unpaired) electrons. The van der Waals surface area contributed by atoms with Crippen LogP contribution in [0.4, 0.5) is 0 Å². The summed E-state index contributed by atoms with van der Waals surface area (Å²) < 4.78 is 8.14. The van der Waals surface area contributed by atoms with Gasteiger partial charge >= 0.3 is 0 Å². The number of nitrogens with two attached hydrogens (primary N) is 1. The number of hydrogen-bond acceptors (Lipinski definition) is 5. The van der Waals surface area contributed by atoms with E-state index >= 15 is 0 Å². The summed E-state index contributed by atoms with van der Waals surface area (Å²) in [5.74, 6) is -0.481. The van der Waals surface area contributed by atoms with Gasteiger partial charge in [-0.1, -0.05) is 0 Å². The number of carbonyl (C=O) groups excluding carboxylic acids is 1. The number of primary amides is 1. The maximum absolute atomic E-state index is 10.4. The smallest absolute Gasteiger partial charge is 0.277 e. The lowest BCUT2D eigenvalue weighted by atomic mass is 10.7. The van der Waals surface area contributed by atoms with Crippen LogP contribution >= 0.6 is 39.3 Å². The van der Waals surface area contributed by atoms with E-state index in [4.69, 9.17) is 10.3 Å². The van der Waals surface area contributed by atoms with Crippen molar-refractivity contribution >= 4 is 45.2 Å². The van der Waals surface area contributed by atoms with Gasteiger partial charge in [-0.25, -0.2) is 4.98 Å². The molecule has 0 spiro atoms. The normalized spacial score (nSPS) is 8.58. The minimum atomic E-state index is -0.481. The van der Waals surface area contributed by atoms with Crippen molar-refractivity contribution in [2.45, 2.75) is 0 Å². The van der Waals surface area contributed by atoms with Crippen molar-refractivity contribution < 1.29 is 9.35 Å². The third-order valence-corrected chi connectivity index (χ3v) is 2.25. The van der Waals surface area contributed by atoms with Crippen LogP contribution in [0.2, 0.25) is 0 Å². The summed E-state index contributed by atoms with van der Waals surface area (Å²) in [6.45, 7) is 0. The van der Waals surface area contributed by atoms with Crippen molar-refractivity contribution in [2.75, 3.05) is 6.26 Å². The summed E-state index contributed by atoms with van der Waals surface area (Å²) in [7, 11) is 0. The zero-order valence-electron chi connectivity index (χ0n) is 6.15. The third-order valence-electron chi connectivity index (χ3n) is 0.687. The molecule has 1 rings (SSSR count). The minimum Gasteiger partial charge on any atom is -0.364 e. The molecule has 0 aliphatic heterocycles. The van der Waals surface area contributed by atoms with Gasteiger partial charge in [0.05, 0.1) is 0 Å². The van der Waals surface area contributed by atoms with Crippen molar-refractivity contribution in [3.05, 3.63) is 15.0 Å². The van der Waals surface area contributed by atoms with Gasteiger partial charge < -0.3 is 10.3 Å². The second-order valence-corrected chi connectivity index (χ2v) is 3.56. The molecular formula is C5H7BrN2O2S2. The van der Waals surface area contributed by atoms with Crippen molar-refractivity contribution in [3.63, 3.8) is 0 Å². The summed E-state index contributed by atoms with van der Waals surface area (Å²) in [5, 5.41) is 2.04. The maximum atomic E-state index is 10.4. The van der Waals surface area contributed by atoms with Gasteiger partial charge in [-0.3, -0.25) is 4.79 Å². The largest absolute Gasteiger partial charge is 0.364 e. The third kappa shape index (κ3) is 4.70. The van der Waals surface area contributed by atoms with Gasteiger partial charge in [0.1, 0.15) is 4.60 Å². The maximum Gasteiger partial charge on any atom is 0.277 e. The average Bonchev–Trinajstić information content (AvgIpc) is 2.37. The van der Waals surface area contributed by atoms with Crippen molar-refractivity contribution in [2.24, 2.45) is 5.73 Å². The number of rotatable bonds is 1. The van der Waals surface area contributed by atoms with Crippen LogP contribution in [0.3, 0.4) is 0 Å². The molecular weight excluding hydrogens is 264 g/mol. The number of carbonyl (C=O) groups is 1. The van der Waals surface area contributed by atoms with E-state index in [1.165, 1.54) is 11.3 Å². The monoisotopic (exact) mass is 270 g/mol. The van der Waals surface area contributed by atoms with Crippen LogP contribution in [0.5, 0.6) is 0 Å². The fraction of sp³-hybridized carbons (Fsp3) is 0.200. The van der Waals surface area contributed by atoms with Gasteiger partial charge in [0.2, 0.25) is 0 Å². The quantitative estimate of drug-likeness (QED) is 0.764. The van der Waals surface area contributed by atoms with Gasteiger partial charge in [-0.15, -0.1) is 11.3 Å². The summed E-state index contributed by atoms with van der Waals surface area (Å²) in [6, 6.07) is 0. The summed E-state index contributed by atoms with van der Waals surface area (Å²) in [5.41, 5.74) is 4.92. The molecule has 1 amide bonds. The summed E-state index contributed by atoms with van der Waals surface area (Å²) >= 11 is 5.07. The van der Waals surface area contributed by atoms with E-state index in [1.54, 1.807) is 11.6 Å². The van der Waals surface area contributed by atoms with E-state index in [1.807, 2.05) is 0 Å². The molecule has 0 aliphatic carbocycles. The van der Waals surface area contributed by atoms with E-state index in [9.17, 15) is 4.79 Å². The molecule has 0 saturated heterocycles. The van der Waals surface area contributed by atoms with E-state index in [0.29, 0.717) is 9.61 Å². The van der Waals surface area contributed by atoms with E-state index in [0.717, 1.165) is 12.0 Å². The van der Waals surface area contributed by atoms with Crippen LogP contribution in [-0.4, -0.2) is 21.7 Å². The first-order valence-electron chi connectivity index (χ1n) is 2.70. The molecule has 0 bridgehead atoms. The Bertz CT molecular complexity index is 253. The van der Waals surface area contributed by atoms with Gasteiger partial charge in [-0.05, 0) is 28.0 Å². The van der Waals surface area contributed by atoms with E-state index in [-0.39, 0.29) is 0 Å². The molecule has 1 heterocycles. The number of halogens is 1. The molecule has 0 unspecified atom stereocenters. The average molecular weight is 271 g/mol. The molecule has 0 aliphatic rings. The number of nitrogens with zero attached hydrogens (tertiary/aromatic N) is 1. The molecule has 0 fully saturated rings. The molecule has 0 atom stereocenters. The highest BCUT2D eigenvalue weighted by molar-refractivity contribution is 9.10. The van der Waals surface area contributed by atoms with Gasteiger partial charge in [0.15, 0.2) is 5.01 Å². The Kier molecular flexibility index (Phi) is 6.35. The molecule has 12 heavy (non-hydrogen) atoms. The fourth-order valence-corrected chi connectivity index (χ4v) is 1.47. The lowest BCUT2D eigenvalue weighted by Crippen LogP contribution is -2.09. The van der Waals surface area contributed by atoms with E-state index in [2.05, 4.69) is 20.9 Å². The Morgan fingerprint density at radius 1 is 1.92 bits per heavy atom. The topological polar surface area (TPSA) is 76.2 Å². The van der Waals surface area contributed by atoms with Crippen LogP contribution in [-0.2, 0) is 0 Å². The lowest BCUT2D eigenvalue weighted by Gasteiger charge is -1.79. The first kappa shape index (κ1) is 11.9. The highest BCUT2D eigenvalue weighted by atomic mass is 79.9. The molecule has 3 N–H and O–H groups in total. The second kappa shape index (κ2) is 6.41. The molecule has 4 nitrogen and oxygen atoms in total. The molecule has 7 heteroatoms. The van der Waals surface area contributed by atoms with Crippen molar-refractivity contribution in [1.29, 1.82) is 0 Å². The predicted molar refractivity (Wildman–Crippen MR) is 54.5 cm³/mol. The summed E-state index contributed by atoms with van der Waals surface area (Å²) in [4.78, 5) is 14.1. The lowest BCUT2D eigenvalue weighted by molar-refractivity contribution is 0.1000. The molecule has 1 aromatic rings. The van der Waals surface area contributed by atoms with Crippen LogP contribution in [0, 0.1) is 0 Å². The Morgan fingerprint density at radius 3 is 2.58 bits per heavy atom. The summed E-state index contributed by atoms with van der Waals surface area (Å²) in [6.07, 6.45) is 1.60. The van der Waals surface area contributed by atoms with Gasteiger partial charge in [0, 0.05) is 11.6 Å². The predicted octanol–water partition coefficient (Wildman–Crippen LogP) is 1.83. The zero-order chi connectivity index (χ0) is 9.56. The highest BCUT2D eigenvalue weighted by Gasteiger charge is 2.03. The second-order valence-electron chi connectivity index (χ2n) is 1.52. The Balaban J connectivity index is 0.000000354. The molecule has 1 aromatic heterocycles.